The summed E-state index contributed by atoms with van der Waals surface area (Å²) >= 11 is 1.30. The Morgan fingerprint density at radius 3 is 2.46 bits per heavy atom. The Kier molecular flexibility index (Phi) is 5.74. The van der Waals surface area contributed by atoms with E-state index in [2.05, 4.69) is 25.5 Å². The van der Waals surface area contributed by atoms with Crippen LogP contribution in [0.1, 0.15) is 45.4 Å². The molecule has 136 valence electrons. The highest BCUT2D eigenvalue weighted by atomic mass is 32.2. The average molecular weight is 375 g/mol. The van der Waals surface area contributed by atoms with Crippen LogP contribution in [0.4, 0.5) is 0 Å². The van der Waals surface area contributed by atoms with E-state index in [0.29, 0.717) is 23.6 Å². The number of hydrogen-bond acceptors (Lipinski definition) is 5. The molecule has 0 unspecified atom stereocenters. The van der Waals surface area contributed by atoms with Gasteiger partial charge in [0.05, 0.1) is 6.54 Å². The van der Waals surface area contributed by atoms with Gasteiger partial charge in [0.1, 0.15) is 4.21 Å². The first-order valence-corrected chi connectivity index (χ1v) is 10.4. The van der Waals surface area contributed by atoms with E-state index in [1.165, 1.54) is 11.3 Å². The highest BCUT2D eigenvalue weighted by molar-refractivity contribution is 7.91. The van der Waals surface area contributed by atoms with Crippen LogP contribution in [0, 0.1) is 0 Å². The summed E-state index contributed by atoms with van der Waals surface area (Å²) < 4.78 is 28.1. The molecule has 0 bridgehead atoms. The molecule has 0 amide bonds. The van der Waals surface area contributed by atoms with Gasteiger partial charge in [0.25, 0.3) is 0 Å². The van der Waals surface area contributed by atoms with Crippen molar-refractivity contribution in [2.45, 2.75) is 62.2 Å². The molecule has 0 atom stereocenters. The SMILES string of the molecule is CCN(CC(=O)O)C1CC(NS(=O)(=O)c2ccc(C(C)(C)C)s2)C1. The summed E-state index contributed by atoms with van der Waals surface area (Å²) in [5.74, 6) is -0.853. The third kappa shape index (κ3) is 4.56. The van der Waals surface area contributed by atoms with Crippen LogP contribution in [0.3, 0.4) is 0 Å². The number of nitrogens with one attached hydrogen (secondary N) is 1. The molecule has 1 aliphatic rings. The molecule has 0 aromatic carbocycles. The molecule has 2 rings (SSSR count). The van der Waals surface area contributed by atoms with Gasteiger partial charge in [-0.15, -0.1) is 11.3 Å². The number of rotatable bonds is 7. The quantitative estimate of drug-likeness (QED) is 0.764. The van der Waals surface area contributed by atoms with Crippen LogP contribution in [-0.2, 0) is 20.2 Å². The molecule has 6 nitrogen and oxygen atoms in total. The smallest absolute Gasteiger partial charge is 0.317 e. The zero-order valence-electron chi connectivity index (χ0n) is 14.6. The maximum absolute atomic E-state index is 12.5. The molecule has 24 heavy (non-hydrogen) atoms. The summed E-state index contributed by atoms with van der Waals surface area (Å²) in [6.07, 6.45) is 1.30. The lowest BCUT2D eigenvalue weighted by atomic mass is 9.86. The predicted molar refractivity (Wildman–Crippen MR) is 95.0 cm³/mol. The molecular formula is C16H26N2O4S2. The van der Waals surface area contributed by atoms with E-state index >= 15 is 0 Å². The molecule has 0 saturated heterocycles. The Bertz CT molecular complexity index is 685. The lowest BCUT2D eigenvalue weighted by Crippen LogP contribution is -2.54. The van der Waals surface area contributed by atoms with Crippen LogP contribution in [0.15, 0.2) is 16.3 Å². The van der Waals surface area contributed by atoms with E-state index in [1.807, 2.05) is 17.9 Å². The van der Waals surface area contributed by atoms with Crippen molar-refractivity contribution in [3.8, 4) is 0 Å². The molecule has 1 heterocycles. The van der Waals surface area contributed by atoms with E-state index in [-0.39, 0.29) is 24.0 Å². The van der Waals surface area contributed by atoms with Crippen molar-refractivity contribution in [1.29, 1.82) is 0 Å². The molecule has 2 N–H and O–H groups in total. The lowest BCUT2D eigenvalue weighted by molar-refractivity contribution is -0.139. The average Bonchev–Trinajstić information content (AvgIpc) is 2.90. The van der Waals surface area contributed by atoms with Crippen molar-refractivity contribution in [3.05, 3.63) is 17.0 Å². The van der Waals surface area contributed by atoms with Crippen molar-refractivity contribution in [3.63, 3.8) is 0 Å². The molecule has 8 heteroatoms. The van der Waals surface area contributed by atoms with Crippen molar-refractivity contribution in [2.75, 3.05) is 13.1 Å². The lowest BCUT2D eigenvalue weighted by Gasteiger charge is -2.41. The van der Waals surface area contributed by atoms with Crippen molar-refractivity contribution in [1.82, 2.24) is 9.62 Å². The molecular weight excluding hydrogens is 348 g/mol. The van der Waals surface area contributed by atoms with Crippen molar-refractivity contribution >= 4 is 27.3 Å². The molecule has 1 saturated carbocycles. The number of sulfonamides is 1. The Morgan fingerprint density at radius 2 is 2.00 bits per heavy atom. The highest BCUT2D eigenvalue weighted by Gasteiger charge is 2.36. The van der Waals surface area contributed by atoms with Gasteiger partial charge in [0.2, 0.25) is 10.0 Å². The Hall–Kier alpha value is -0.960. The van der Waals surface area contributed by atoms with Crippen LogP contribution < -0.4 is 4.72 Å². The van der Waals surface area contributed by atoms with Crippen LogP contribution in [-0.4, -0.2) is 49.6 Å². The fourth-order valence-corrected chi connectivity index (χ4v) is 5.44. The molecule has 0 aliphatic heterocycles. The van der Waals surface area contributed by atoms with Crippen molar-refractivity contribution in [2.24, 2.45) is 0 Å². The van der Waals surface area contributed by atoms with Gasteiger partial charge in [-0.2, -0.15) is 0 Å². The van der Waals surface area contributed by atoms with Gasteiger partial charge in [-0.3, -0.25) is 9.69 Å². The maximum Gasteiger partial charge on any atom is 0.317 e. The molecule has 1 aromatic heterocycles. The summed E-state index contributed by atoms with van der Waals surface area (Å²) in [6, 6.07) is 3.54. The van der Waals surface area contributed by atoms with E-state index in [1.54, 1.807) is 6.07 Å². The minimum atomic E-state index is -3.51. The van der Waals surface area contributed by atoms with E-state index in [9.17, 15) is 13.2 Å². The normalized spacial score (nSPS) is 21.7. The summed E-state index contributed by atoms with van der Waals surface area (Å²) in [5.41, 5.74) is -0.0710. The van der Waals surface area contributed by atoms with Crippen LogP contribution in [0.2, 0.25) is 0 Å². The van der Waals surface area contributed by atoms with Gasteiger partial charge in [0.15, 0.2) is 0 Å². The van der Waals surface area contributed by atoms with Gasteiger partial charge in [-0.25, -0.2) is 13.1 Å². The van der Waals surface area contributed by atoms with Crippen LogP contribution in [0.25, 0.3) is 0 Å². The highest BCUT2D eigenvalue weighted by Crippen LogP contribution is 2.33. The molecule has 0 spiro atoms. The van der Waals surface area contributed by atoms with Crippen LogP contribution >= 0.6 is 11.3 Å². The first-order chi connectivity index (χ1) is 11.0. The second-order valence-corrected chi connectivity index (χ2v) is 10.3. The second-order valence-electron chi connectivity index (χ2n) is 7.27. The monoisotopic (exact) mass is 374 g/mol. The van der Waals surface area contributed by atoms with Gasteiger partial charge in [0, 0.05) is 17.0 Å². The minimum Gasteiger partial charge on any atom is -0.480 e. The first kappa shape index (κ1) is 19.4. The topological polar surface area (TPSA) is 86.7 Å². The maximum atomic E-state index is 12.5. The number of hydrogen-bond donors (Lipinski definition) is 2. The molecule has 1 aliphatic carbocycles. The summed E-state index contributed by atoms with van der Waals surface area (Å²) in [5, 5.41) is 8.90. The third-order valence-electron chi connectivity index (χ3n) is 4.28. The fourth-order valence-electron chi connectivity index (χ4n) is 2.80. The molecule has 0 radical (unpaired) electrons. The summed E-state index contributed by atoms with van der Waals surface area (Å²) in [7, 11) is -3.51. The Morgan fingerprint density at radius 1 is 1.38 bits per heavy atom. The number of thiophene rings is 1. The minimum absolute atomic E-state index is 0.000500. The van der Waals surface area contributed by atoms with Gasteiger partial charge >= 0.3 is 5.97 Å². The van der Waals surface area contributed by atoms with Crippen molar-refractivity contribution < 1.29 is 18.3 Å². The van der Waals surface area contributed by atoms with E-state index in [4.69, 9.17) is 5.11 Å². The zero-order chi connectivity index (χ0) is 18.1. The predicted octanol–water partition coefficient (Wildman–Crippen LogP) is 2.26. The summed E-state index contributed by atoms with van der Waals surface area (Å²) in [6.45, 7) is 8.74. The Balaban J connectivity index is 1.95. The fraction of sp³-hybridized carbons (Fsp3) is 0.688. The molecule has 1 aromatic rings. The zero-order valence-corrected chi connectivity index (χ0v) is 16.2. The number of carboxylic acid groups (broad SMARTS) is 1. The standard InChI is InChI=1S/C16H26N2O4S2/c1-5-18(10-14(19)20)12-8-11(9-12)17-24(21,22)15-7-6-13(23-15)16(2,3)4/h6-7,11-12,17H,5,8-10H2,1-4H3,(H,19,20). The molecule has 1 fully saturated rings. The largest absolute Gasteiger partial charge is 0.480 e. The van der Waals surface area contributed by atoms with Gasteiger partial charge in [-0.1, -0.05) is 27.7 Å². The van der Waals surface area contributed by atoms with E-state index in [0.717, 1.165) is 4.88 Å². The Labute approximate surface area is 147 Å². The number of carbonyl (C=O) groups is 1. The van der Waals surface area contributed by atoms with Crippen LogP contribution in [0.5, 0.6) is 0 Å². The number of carboxylic acids is 1. The van der Waals surface area contributed by atoms with Gasteiger partial charge < -0.3 is 5.11 Å². The third-order valence-corrected chi connectivity index (χ3v) is 7.80. The number of nitrogens with zero attached hydrogens (tertiary/aromatic N) is 1. The number of likely N-dealkylation sites (N-methyl/N-ethyl adjacent to an activating group) is 1. The number of aliphatic carboxylic acids is 1. The second kappa shape index (κ2) is 7.11. The summed E-state index contributed by atoms with van der Waals surface area (Å²) in [4.78, 5) is 13.7. The first-order valence-electron chi connectivity index (χ1n) is 8.11. The van der Waals surface area contributed by atoms with Gasteiger partial charge in [-0.05, 0) is 36.9 Å². The van der Waals surface area contributed by atoms with E-state index < -0.39 is 16.0 Å².